The quantitative estimate of drug-likeness (QED) is 0.698. The first-order valence-electron chi connectivity index (χ1n) is 6.83. The molecule has 0 aliphatic heterocycles. The van der Waals surface area contributed by atoms with Crippen molar-refractivity contribution >= 4 is 21.7 Å². The summed E-state index contributed by atoms with van der Waals surface area (Å²) in [6, 6.07) is 9.26. The number of aromatic nitrogens is 1. The molecule has 0 bridgehead atoms. The van der Waals surface area contributed by atoms with E-state index in [0.29, 0.717) is 22.6 Å². The van der Waals surface area contributed by atoms with Crippen LogP contribution >= 0.6 is 0 Å². The molecule has 1 heterocycles. The van der Waals surface area contributed by atoms with Crippen molar-refractivity contribution in [3.63, 3.8) is 0 Å². The van der Waals surface area contributed by atoms with Gasteiger partial charge in [-0.2, -0.15) is 0 Å². The normalized spacial score (nSPS) is 10.9. The van der Waals surface area contributed by atoms with Crippen LogP contribution in [0.5, 0.6) is 17.2 Å². The molecule has 0 amide bonds. The first-order chi connectivity index (χ1) is 10.6. The van der Waals surface area contributed by atoms with E-state index in [4.69, 9.17) is 14.2 Å². The molecule has 0 atom stereocenters. The van der Waals surface area contributed by atoms with Crippen molar-refractivity contribution in [2.24, 2.45) is 7.05 Å². The first kappa shape index (κ1) is 14.3. The largest absolute Gasteiger partial charge is 0.495 e. The smallest absolute Gasteiger partial charge is 0.258 e. The van der Waals surface area contributed by atoms with Gasteiger partial charge >= 0.3 is 0 Å². The van der Waals surface area contributed by atoms with Gasteiger partial charge in [0.15, 0.2) is 11.5 Å². The van der Waals surface area contributed by atoms with Gasteiger partial charge in [0.05, 0.1) is 32.2 Å². The average Bonchev–Trinajstić information content (AvgIpc) is 2.57. The van der Waals surface area contributed by atoms with E-state index in [9.17, 15) is 4.79 Å². The molecule has 114 valence electrons. The highest BCUT2D eigenvalue weighted by atomic mass is 16.5. The minimum absolute atomic E-state index is 0.104. The number of hydrogen-bond donors (Lipinski definition) is 0. The van der Waals surface area contributed by atoms with Gasteiger partial charge < -0.3 is 18.8 Å². The van der Waals surface area contributed by atoms with Gasteiger partial charge in [0, 0.05) is 17.8 Å². The van der Waals surface area contributed by atoms with Crippen molar-refractivity contribution < 1.29 is 14.2 Å². The van der Waals surface area contributed by atoms with Crippen LogP contribution in [0.2, 0.25) is 0 Å². The fraction of sp³-hybridized carbons (Fsp3) is 0.235. The average molecular weight is 299 g/mol. The zero-order chi connectivity index (χ0) is 15.9. The van der Waals surface area contributed by atoms with Crippen LogP contribution in [0.15, 0.2) is 35.1 Å². The summed E-state index contributed by atoms with van der Waals surface area (Å²) in [5.74, 6) is 1.79. The zero-order valence-electron chi connectivity index (χ0n) is 13.0. The fourth-order valence-electron chi connectivity index (χ4n) is 2.81. The molecule has 0 unspecified atom stereocenters. The topological polar surface area (TPSA) is 49.7 Å². The Bertz CT molecular complexity index is 927. The van der Waals surface area contributed by atoms with Crippen molar-refractivity contribution in [3.8, 4) is 17.2 Å². The predicted molar refractivity (Wildman–Crippen MR) is 86.4 cm³/mol. The second-order valence-electron chi connectivity index (χ2n) is 4.97. The van der Waals surface area contributed by atoms with Crippen LogP contribution in [0, 0.1) is 0 Å². The molecular formula is C17H17NO4. The molecule has 1 aromatic heterocycles. The van der Waals surface area contributed by atoms with Gasteiger partial charge in [-0.3, -0.25) is 4.79 Å². The molecular weight excluding hydrogens is 282 g/mol. The molecule has 2 aromatic carbocycles. The standard InChI is InChI=1S/C17H17NO4/c1-18-16-10(6-5-7-13(16)20-2)11-8-14(21-3)15(22-4)9-12(11)17(18)19/h5-9H,1-4H3. The number of rotatable bonds is 3. The lowest BCUT2D eigenvalue weighted by Crippen LogP contribution is -2.18. The summed E-state index contributed by atoms with van der Waals surface area (Å²) in [6.07, 6.45) is 0. The maximum Gasteiger partial charge on any atom is 0.258 e. The van der Waals surface area contributed by atoms with Gasteiger partial charge in [0.2, 0.25) is 0 Å². The molecule has 22 heavy (non-hydrogen) atoms. The number of pyridine rings is 1. The van der Waals surface area contributed by atoms with Gasteiger partial charge in [-0.1, -0.05) is 12.1 Å². The molecule has 3 aromatic rings. The summed E-state index contributed by atoms with van der Waals surface area (Å²) >= 11 is 0. The summed E-state index contributed by atoms with van der Waals surface area (Å²) < 4.78 is 17.7. The molecule has 0 radical (unpaired) electrons. The SMILES string of the molecule is COc1cc2c(=O)n(C)c3c(OC)cccc3c2cc1OC. The summed E-state index contributed by atoms with van der Waals surface area (Å²) in [7, 11) is 6.47. The molecule has 5 heteroatoms. The molecule has 0 N–H and O–H groups in total. The maximum absolute atomic E-state index is 12.7. The summed E-state index contributed by atoms with van der Waals surface area (Å²) in [4.78, 5) is 12.7. The summed E-state index contributed by atoms with van der Waals surface area (Å²) in [5, 5.41) is 2.33. The lowest BCUT2D eigenvalue weighted by atomic mass is 10.0. The Labute approximate surface area is 127 Å². The molecule has 0 aliphatic rings. The van der Waals surface area contributed by atoms with Crippen molar-refractivity contribution in [2.75, 3.05) is 21.3 Å². The number of benzene rings is 2. The summed E-state index contributed by atoms with van der Waals surface area (Å²) in [5.41, 5.74) is 0.655. The maximum atomic E-state index is 12.7. The van der Waals surface area contributed by atoms with Crippen LogP contribution in [0.4, 0.5) is 0 Å². The van der Waals surface area contributed by atoms with E-state index in [2.05, 4.69) is 0 Å². The molecule has 3 rings (SSSR count). The number of para-hydroxylation sites is 1. The molecule has 0 fully saturated rings. The fourth-order valence-corrected chi connectivity index (χ4v) is 2.81. The van der Waals surface area contributed by atoms with E-state index in [1.807, 2.05) is 24.3 Å². The monoisotopic (exact) mass is 299 g/mol. The van der Waals surface area contributed by atoms with Crippen molar-refractivity contribution in [3.05, 3.63) is 40.7 Å². The lowest BCUT2D eigenvalue weighted by Gasteiger charge is -2.14. The highest BCUT2D eigenvalue weighted by Gasteiger charge is 2.15. The highest BCUT2D eigenvalue weighted by molar-refractivity contribution is 6.08. The van der Waals surface area contributed by atoms with Crippen LogP contribution < -0.4 is 19.8 Å². The highest BCUT2D eigenvalue weighted by Crippen LogP contribution is 2.36. The zero-order valence-corrected chi connectivity index (χ0v) is 13.0. The summed E-state index contributed by atoms with van der Waals surface area (Å²) in [6.45, 7) is 0. The third-order valence-corrected chi connectivity index (χ3v) is 3.90. The number of aryl methyl sites for hydroxylation is 1. The van der Waals surface area contributed by atoms with Crippen LogP contribution in [0.3, 0.4) is 0 Å². The van der Waals surface area contributed by atoms with E-state index in [1.165, 1.54) is 0 Å². The number of ether oxygens (including phenoxy) is 3. The Balaban J connectivity index is 2.59. The number of hydrogen-bond acceptors (Lipinski definition) is 4. The van der Waals surface area contributed by atoms with E-state index < -0.39 is 0 Å². The number of nitrogens with zero attached hydrogens (tertiary/aromatic N) is 1. The van der Waals surface area contributed by atoms with Gasteiger partial charge in [0.1, 0.15) is 5.75 Å². The predicted octanol–water partition coefficient (Wildman–Crippen LogP) is 2.72. The second kappa shape index (κ2) is 5.26. The minimum atomic E-state index is -0.104. The van der Waals surface area contributed by atoms with Crippen LogP contribution in [0.1, 0.15) is 0 Å². The van der Waals surface area contributed by atoms with Gasteiger partial charge in [0.25, 0.3) is 5.56 Å². The Kier molecular flexibility index (Phi) is 3.41. The van der Waals surface area contributed by atoms with Crippen LogP contribution in [-0.4, -0.2) is 25.9 Å². The number of fused-ring (bicyclic) bond motifs is 3. The molecule has 0 saturated heterocycles. The first-order valence-corrected chi connectivity index (χ1v) is 6.83. The van der Waals surface area contributed by atoms with E-state index >= 15 is 0 Å². The Morgan fingerprint density at radius 1 is 0.818 bits per heavy atom. The molecule has 0 saturated carbocycles. The van der Waals surface area contributed by atoms with Gasteiger partial charge in [-0.25, -0.2) is 0 Å². The Hall–Kier alpha value is -2.69. The van der Waals surface area contributed by atoms with Gasteiger partial charge in [-0.15, -0.1) is 0 Å². The van der Waals surface area contributed by atoms with Crippen LogP contribution in [0.25, 0.3) is 21.7 Å². The molecule has 5 nitrogen and oxygen atoms in total. The van der Waals surface area contributed by atoms with Crippen LogP contribution in [-0.2, 0) is 7.05 Å². The minimum Gasteiger partial charge on any atom is -0.495 e. The third kappa shape index (κ3) is 1.89. The van der Waals surface area contributed by atoms with Crippen molar-refractivity contribution in [2.45, 2.75) is 0 Å². The van der Waals surface area contributed by atoms with E-state index in [1.54, 1.807) is 39.0 Å². The molecule has 0 spiro atoms. The Morgan fingerprint density at radius 3 is 2.00 bits per heavy atom. The van der Waals surface area contributed by atoms with Crippen molar-refractivity contribution in [1.29, 1.82) is 0 Å². The van der Waals surface area contributed by atoms with Crippen molar-refractivity contribution in [1.82, 2.24) is 4.57 Å². The van der Waals surface area contributed by atoms with Gasteiger partial charge in [-0.05, 0) is 18.2 Å². The number of methoxy groups -OCH3 is 3. The molecule has 0 aliphatic carbocycles. The van der Waals surface area contributed by atoms with E-state index in [-0.39, 0.29) is 5.56 Å². The third-order valence-electron chi connectivity index (χ3n) is 3.90. The Morgan fingerprint density at radius 2 is 1.41 bits per heavy atom. The van der Waals surface area contributed by atoms with E-state index in [0.717, 1.165) is 16.3 Å². The second-order valence-corrected chi connectivity index (χ2v) is 4.97. The lowest BCUT2D eigenvalue weighted by molar-refractivity contribution is 0.356.